The molecule has 0 spiro atoms. The Bertz CT molecular complexity index is 668. The normalized spacial score (nSPS) is 32.6. The Morgan fingerprint density at radius 2 is 1.88 bits per heavy atom. The molecule has 4 unspecified atom stereocenters. The predicted molar refractivity (Wildman–Crippen MR) is 96.7 cm³/mol. The third-order valence-electron chi connectivity index (χ3n) is 5.94. The summed E-state index contributed by atoms with van der Waals surface area (Å²) < 4.78 is 11.3. The number of ether oxygens (including phenoxy) is 2. The van der Waals surface area contributed by atoms with Crippen molar-refractivity contribution in [3.05, 3.63) is 23.8 Å². The second-order valence-electron chi connectivity index (χ2n) is 7.56. The molecule has 5 nitrogen and oxygen atoms in total. The largest absolute Gasteiger partial charge is 0.486 e. The van der Waals surface area contributed by atoms with Crippen LogP contribution in [0.2, 0.25) is 0 Å². The number of halogens is 1. The van der Waals surface area contributed by atoms with Crippen LogP contribution in [0.15, 0.2) is 18.2 Å². The summed E-state index contributed by atoms with van der Waals surface area (Å²) >= 11 is 0. The molecule has 4 aliphatic rings. The average molecular weight is 365 g/mol. The molecule has 1 aromatic carbocycles. The maximum Gasteiger partial charge on any atom is 0.226 e. The summed E-state index contributed by atoms with van der Waals surface area (Å²) in [5.74, 6) is 2.51. The van der Waals surface area contributed by atoms with Crippen LogP contribution in [0.5, 0.6) is 11.5 Å². The van der Waals surface area contributed by atoms with E-state index >= 15 is 0 Å². The van der Waals surface area contributed by atoms with Crippen LogP contribution in [0, 0.1) is 5.92 Å². The van der Waals surface area contributed by atoms with E-state index in [-0.39, 0.29) is 18.3 Å². The lowest BCUT2D eigenvalue weighted by atomic mass is 10.1. The first kappa shape index (κ1) is 17.0. The topological polar surface area (TPSA) is 50.8 Å². The van der Waals surface area contributed by atoms with Crippen molar-refractivity contribution in [1.29, 1.82) is 0 Å². The van der Waals surface area contributed by atoms with Crippen LogP contribution in [-0.2, 0) is 4.79 Å². The molecule has 1 saturated carbocycles. The van der Waals surface area contributed by atoms with E-state index in [2.05, 4.69) is 22.3 Å². The highest BCUT2D eigenvalue weighted by Crippen LogP contribution is 2.50. The first-order valence-corrected chi connectivity index (χ1v) is 9.22. The molecule has 6 heteroatoms. The van der Waals surface area contributed by atoms with E-state index in [1.807, 2.05) is 6.07 Å². The monoisotopic (exact) mass is 364 g/mol. The van der Waals surface area contributed by atoms with Crippen molar-refractivity contribution in [2.75, 3.05) is 26.3 Å². The van der Waals surface area contributed by atoms with Crippen molar-refractivity contribution in [3.8, 4) is 11.5 Å². The number of nitrogens with one attached hydrogen (secondary N) is 1. The summed E-state index contributed by atoms with van der Waals surface area (Å²) in [7, 11) is 0. The number of amides is 1. The lowest BCUT2D eigenvalue weighted by molar-refractivity contribution is -0.132. The standard InChI is InChI=1S/C19H24N2O3.ClH/c22-19(21-6-5-13-2-3-14(11-21)20-13)16-10-15(16)12-1-4-17-18(9-12)24-8-7-23-17;/h1,4,9,13-16,20H,2-3,5-8,10-11H2;1H. The molecule has 3 aliphatic heterocycles. The number of benzene rings is 1. The lowest BCUT2D eigenvalue weighted by Gasteiger charge is -2.24. The summed E-state index contributed by atoms with van der Waals surface area (Å²) in [6.45, 7) is 3.02. The van der Waals surface area contributed by atoms with E-state index in [0.717, 1.165) is 37.4 Å². The third-order valence-corrected chi connectivity index (χ3v) is 5.94. The molecule has 1 N–H and O–H groups in total. The summed E-state index contributed by atoms with van der Waals surface area (Å²) in [5.41, 5.74) is 1.21. The molecule has 2 bridgehead atoms. The summed E-state index contributed by atoms with van der Waals surface area (Å²) in [6.07, 6.45) is 4.56. The fourth-order valence-corrected chi connectivity index (χ4v) is 4.50. The molecule has 0 radical (unpaired) electrons. The van der Waals surface area contributed by atoms with Gasteiger partial charge in [0.2, 0.25) is 5.91 Å². The van der Waals surface area contributed by atoms with Gasteiger partial charge in [-0.2, -0.15) is 0 Å². The zero-order valence-electron chi connectivity index (χ0n) is 14.3. The highest BCUT2D eigenvalue weighted by atomic mass is 35.5. The number of fused-ring (bicyclic) bond motifs is 3. The van der Waals surface area contributed by atoms with E-state index in [0.29, 0.717) is 37.1 Å². The highest BCUT2D eigenvalue weighted by Gasteiger charge is 2.47. The third kappa shape index (κ3) is 3.20. The fourth-order valence-electron chi connectivity index (χ4n) is 4.50. The van der Waals surface area contributed by atoms with Gasteiger partial charge in [-0.25, -0.2) is 0 Å². The van der Waals surface area contributed by atoms with Crippen LogP contribution in [0.4, 0.5) is 0 Å². The number of hydrogen-bond acceptors (Lipinski definition) is 4. The molecule has 1 aliphatic carbocycles. The summed E-state index contributed by atoms with van der Waals surface area (Å²) in [6, 6.07) is 7.28. The zero-order valence-corrected chi connectivity index (χ0v) is 15.1. The van der Waals surface area contributed by atoms with Crippen LogP contribution >= 0.6 is 12.4 Å². The van der Waals surface area contributed by atoms with Crippen LogP contribution in [0.25, 0.3) is 0 Å². The number of likely N-dealkylation sites (tertiary alicyclic amines) is 1. The van der Waals surface area contributed by atoms with E-state index < -0.39 is 0 Å². The number of rotatable bonds is 2. The number of hydrogen-bond donors (Lipinski definition) is 1. The van der Waals surface area contributed by atoms with E-state index in [9.17, 15) is 4.79 Å². The Balaban J connectivity index is 0.00000157. The molecule has 3 fully saturated rings. The minimum Gasteiger partial charge on any atom is -0.486 e. The predicted octanol–water partition coefficient (Wildman–Crippen LogP) is 2.34. The number of nitrogens with zero attached hydrogens (tertiary/aromatic N) is 1. The van der Waals surface area contributed by atoms with Gasteiger partial charge in [0, 0.05) is 31.1 Å². The van der Waals surface area contributed by atoms with Crippen molar-refractivity contribution in [2.24, 2.45) is 5.92 Å². The molecule has 136 valence electrons. The van der Waals surface area contributed by atoms with Crippen molar-refractivity contribution in [1.82, 2.24) is 10.2 Å². The second kappa shape index (κ2) is 6.69. The SMILES string of the molecule is Cl.O=C(C1CC1c1ccc2c(c1)OCCO2)N1CCC2CCC(C1)N2. The quantitative estimate of drug-likeness (QED) is 0.875. The first-order valence-electron chi connectivity index (χ1n) is 9.22. The van der Waals surface area contributed by atoms with Crippen molar-refractivity contribution in [2.45, 2.75) is 43.7 Å². The highest BCUT2D eigenvalue weighted by molar-refractivity contribution is 5.85. The van der Waals surface area contributed by atoms with Crippen molar-refractivity contribution >= 4 is 18.3 Å². The Kier molecular flexibility index (Phi) is 4.54. The maximum atomic E-state index is 12.9. The zero-order chi connectivity index (χ0) is 16.1. The Morgan fingerprint density at radius 3 is 2.76 bits per heavy atom. The molecule has 5 rings (SSSR count). The number of carbonyl (C=O) groups excluding carboxylic acids is 1. The van der Waals surface area contributed by atoms with Crippen molar-refractivity contribution < 1.29 is 14.3 Å². The van der Waals surface area contributed by atoms with Gasteiger partial charge >= 0.3 is 0 Å². The van der Waals surface area contributed by atoms with Gasteiger partial charge < -0.3 is 19.7 Å². The van der Waals surface area contributed by atoms with Gasteiger partial charge in [-0.15, -0.1) is 12.4 Å². The van der Waals surface area contributed by atoms with Gasteiger partial charge in [-0.05, 0) is 49.3 Å². The van der Waals surface area contributed by atoms with Gasteiger partial charge in [0.1, 0.15) is 13.2 Å². The Morgan fingerprint density at radius 1 is 1.08 bits per heavy atom. The Labute approximate surface area is 154 Å². The molecule has 4 atom stereocenters. The molecule has 0 aromatic heterocycles. The fraction of sp³-hybridized carbons (Fsp3) is 0.632. The van der Waals surface area contributed by atoms with Crippen LogP contribution in [-0.4, -0.2) is 49.2 Å². The Hall–Kier alpha value is -1.46. The molecule has 3 heterocycles. The average Bonchev–Trinajstić information content (AvgIpc) is 3.32. The maximum absolute atomic E-state index is 12.9. The van der Waals surface area contributed by atoms with Gasteiger partial charge in [0.05, 0.1) is 0 Å². The van der Waals surface area contributed by atoms with Gasteiger partial charge in [0.25, 0.3) is 0 Å². The van der Waals surface area contributed by atoms with Crippen molar-refractivity contribution in [3.63, 3.8) is 0 Å². The molecular formula is C19H25ClN2O3. The molecule has 2 saturated heterocycles. The van der Waals surface area contributed by atoms with Gasteiger partial charge in [-0.1, -0.05) is 6.07 Å². The first-order chi connectivity index (χ1) is 11.8. The lowest BCUT2D eigenvalue weighted by Crippen LogP contribution is -2.40. The van der Waals surface area contributed by atoms with Crippen LogP contribution < -0.4 is 14.8 Å². The summed E-state index contributed by atoms with van der Waals surface area (Å²) in [5, 5.41) is 3.65. The van der Waals surface area contributed by atoms with E-state index in [1.54, 1.807) is 0 Å². The van der Waals surface area contributed by atoms with E-state index in [1.165, 1.54) is 18.4 Å². The molecular weight excluding hydrogens is 340 g/mol. The van der Waals surface area contributed by atoms with Gasteiger partial charge in [-0.3, -0.25) is 4.79 Å². The second-order valence-corrected chi connectivity index (χ2v) is 7.56. The smallest absolute Gasteiger partial charge is 0.226 e. The molecule has 1 amide bonds. The minimum absolute atomic E-state index is 0. The van der Waals surface area contributed by atoms with Gasteiger partial charge in [0.15, 0.2) is 11.5 Å². The molecule has 1 aromatic rings. The minimum atomic E-state index is 0. The van der Waals surface area contributed by atoms with Crippen LogP contribution in [0.1, 0.15) is 37.2 Å². The van der Waals surface area contributed by atoms with E-state index in [4.69, 9.17) is 9.47 Å². The van der Waals surface area contributed by atoms with Crippen LogP contribution in [0.3, 0.4) is 0 Å². The summed E-state index contributed by atoms with van der Waals surface area (Å²) in [4.78, 5) is 15.0. The molecule has 25 heavy (non-hydrogen) atoms. The number of carbonyl (C=O) groups is 1.